The minimum absolute atomic E-state index is 0.662. The predicted octanol–water partition coefficient (Wildman–Crippen LogP) is 3.58. The largest absolute Gasteiger partial charge is 0.328 e. The Hall–Kier alpha value is -1.80. The van der Waals surface area contributed by atoms with Crippen molar-refractivity contribution in [1.29, 1.82) is 0 Å². The summed E-state index contributed by atoms with van der Waals surface area (Å²) in [6.45, 7) is 0. The Morgan fingerprint density at radius 1 is 0.938 bits per heavy atom. The molecule has 2 rings (SSSR count). The van der Waals surface area contributed by atoms with Crippen molar-refractivity contribution in [1.82, 2.24) is 0 Å². The van der Waals surface area contributed by atoms with Crippen LogP contribution in [0.15, 0.2) is 48.5 Å². The first kappa shape index (κ1) is 10.7. The van der Waals surface area contributed by atoms with Gasteiger partial charge in [-0.1, -0.05) is 48.0 Å². The van der Waals surface area contributed by atoms with Crippen LogP contribution < -0.4 is 5.32 Å². The average Bonchev–Trinajstić information content (AvgIpc) is 2.31. The molecule has 1 amide bonds. The molecule has 0 saturated carbocycles. The number of anilines is 1. The summed E-state index contributed by atoms with van der Waals surface area (Å²) in [5.74, 6) is 0. The molecule has 0 heterocycles. The van der Waals surface area contributed by atoms with Gasteiger partial charge in [0.2, 0.25) is 6.41 Å². The molecule has 0 aliphatic carbocycles. The maximum absolute atomic E-state index is 10.5. The van der Waals surface area contributed by atoms with Crippen molar-refractivity contribution in [2.24, 2.45) is 0 Å². The highest BCUT2D eigenvalue weighted by Crippen LogP contribution is 2.32. The van der Waals surface area contributed by atoms with Crippen molar-refractivity contribution in [3.63, 3.8) is 0 Å². The minimum atomic E-state index is 0.662. The zero-order chi connectivity index (χ0) is 11.4. The molecule has 0 saturated heterocycles. The number of benzene rings is 2. The van der Waals surface area contributed by atoms with Crippen LogP contribution in [0.2, 0.25) is 5.02 Å². The molecule has 80 valence electrons. The third kappa shape index (κ3) is 2.07. The number of rotatable bonds is 3. The minimum Gasteiger partial charge on any atom is -0.328 e. The van der Waals surface area contributed by atoms with E-state index in [1.54, 1.807) is 0 Å². The summed E-state index contributed by atoms with van der Waals surface area (Å²) in [7, 11) is 0. The van der Waals surface area contributed by atoms with Gasteiger partial charge in [0.1, 0.15) is 0 Å². The average molecular weight is 232 g/mol. The lowest BCUT2D eigenvalue weighted by molar-refractivity contribution is -0.105. The molecule has 2 aromatic rings. The fourth-order valence-electron chi connectivity index (χ4n) is 1.59. The van der Waals surface area contributed by atoms with Crippen LogP contribution in [-0.4, -0.2) is 6.41 Å². The molecule has 2 nitrogen and oxygen atoms in total. The zero-order valence-electron chi connectivity index (χ0n) is 8.48. The molecule has 0 fully saturated rings. The fraction of sp³-hybridized carbons (Fsp3) is 0. The van der Waals surface area contributed by atoms with Gasteiger partial charge in [0, 0.05) is 21.8 Å². The first-order valence-electron chi connectivity index (χ1n) is 4.87. The maximum atomic E-state index is 10.5. The van der Waals surface area contributed by atoms with E-state index in [-0.39, 0.29) is 0 Å². The van der Waals surface area contributed by atoms with E-state index in [4.69, 9.17) is 11.6 Å². The number of carbonyl (C=O) groups is 1. The SMILES string of the molecule is O=CNc1ccccc1-c1ccccc1Cl. The molecule has 0 bridgehead atoms. The lowest BCUT2D eigenvalue weighted by Gasteiger charge is -2.09. The van der Waals surface area contributed by atoms with Crippen molar-refractivity contribution in [2.45, 2.75) is 0 Å². The zero-order valence-corrected chi connectivity index (χ0v) is 9.24. The van der Waals surface area contributed by atoms with Crippen molar-refractivity contribution in [3.8, 4) is 11.1 Å². The quantitative estimate of drug-likeness (QED) is 0.804. The second-order valence-corrected chi connectivity index (χ2v) is 3.69. The first-order chi connectivity index (χ1) is 7.83. The van der Waals surface area contributed by atoms with Crippen molar-refractivity contribution >= 4 is 23.7 Å². The molecule has 0 unspecified atom stereocenters. The second-order valence-electron chi connectivity index (χ2n) is 3.29. The van der Waals surface area contributed by atoms with E-state index in [1.165, 1.54) is 0 Å². The summed E-state index contributed by atoms with van der Waals surface area (Å²) in [4.78, 5) is 10.5. The summed E-state index contributed by atoms with van der Waals surface area (Å²) in [5, 5.41) is 3.33. The summed E-state index contributed by atoms with van der Waals surface area (Å²) in [5.41, 5.74) is 2.58. The standard InChI is InChI=1S/C13H10ClNO/c14-12-7-3-1-5-10(12)11-6-2-4-8-13(11)15-9-16/h1-9H,(H,15,16). The number of hydrogen-bond acceptors (Lipinski definition) is 1. The lowest BCUT2D eigenvalue weighted by atomic mass is 10.0. The van der Waals surface area contributed by atoms with Crippen LogP contribution >= 0.6 is 11.6 Å². The monoisotopic (exact) mass is 231 g/mol. The normalized spacial score (nSPS) is 9.81. The molecule has 0 aromatic heterocycles. The molecule has 0 spiro atoms. The van der Waals surface area contributed by atoms with Crippen LogP contribution in [0.1, 0.15) is 0 Å². The maximum Gasteiger partial charge on any atom is 0.211 e. The summed E-state index contributed by atoms with van der Waals surface area (Å²) in [6.07, 6.45) is 0.662. The predicted molar refractivity (Wildman–Crippen MR) is 66.6 cm³/mol. The molecule has 16 heavy (non-hydrogen) atoms. The topological polar surface area (TPSA) is 29.1 Å². The molecular weight excluding hydrogens is 222 g/mol. The third-order valence-corrected chi connectivity index (χ3v) is 2.64. The van der Waals surface area contributed by atoms with Gasteiger partial charge in [0.05, 0.1) is 0 Å². The fourth-order valence-corrected chi connectivity index (χ4v) is 1.82. The third-order valence-electron chi connectivity index (χ3n) is 2.31. The number of hydrogen-bond donors (Lipinski definition) is 1. The number of para-hydroxylation sites is 1. The van der Waals surface area contributed by atoms with E-state index in [0.29, 0.717) is 11.4 Å². The number of carbonyl (C=O) groups excluding carboxylic acids is 1. The van der Waals surface area contributed by atoms with E-state index in [9.17, 15) is 4.79 Å². The van der Waals surface area contributed by atoms with Gasteiger partial charge < -0.3 is 5.32 Å². The van der Waals surface area contributed by atoms with E-state index < -0.39 is 0 Å². The second kappa shape index (κ2) is 4.81. The van der Waals surface area contributed by atoms with E-state index in [0.717, 1.165) is 16.8 Å². The number of nitrogens with one attached hydrogen (secondary N) is 1. The molecular formula is C13H10ClNO. The van der Waals surface area contributed by atoms with Crippen LogP contribution in [-0.2, 0) is 4.79 Å². The number of halogens is 1. The van der Waals surface area contributed by atoms with Gasteiger partial charge >= 0.3 is 0 Å². The van der Waals surface area contributed by atoms with Crippen molar-refractivity contribution in [2.75, 3.05) is 5.32 Å². The van der Waals surface area contributed by atoms with E-state index in [1.807, 2.05) is 48.5 Å². The van der Waals surface area contributed by atoms with Crippen molar-refractivity contribution in [3.05, 3.63) is 53.6 Å². The van der Waals surface area contributed by atoms with Crippen LogP contribution in [0, 0.1) is 0 Å². The summed E-state index contributed by atoms with van der Waals surface area (Å²) >= 11 is 6.11. The van der Waals surface area contributed by atoms with Gasteiger partial charge in [-0.15, -0.1) is 0 Å². The van der Waals surface area contributed by atoms with Gasteiger partial charge in [-0.25, -0.2) is 0 Å². The van der Waals surface area contributed by atoms with E-state index in [2.05, 4.69) is 5.32 Å². The van der Waals surface area contributed by atoms with Crippen LogP contribution in [0.3, 0.4) is 0 Å². The van der Waals surface area contributed by atoms with Gasteiger partial charge in [-0.05, 0) is 12.1 Å². The molecule has 0 aliphatic heterocycles. The highest BCUT2D eigenvalue weighted by Gasteiger charge is 2.06. The van der Waals surface area contributed by atoms with Crippen LogP contribution in [0.4, 0.5) is 5.69 Å². The van der Waals surface area contributed by atoms with Gasteiger partial charge in [-0.3, -0.25) is 4.79 Å². The lowest BCUT2D eigenvalue weighted by Crippen LogP contribution is -1.96. The van der Waals surface area contributed by atoms with Crippen LogP contribution in [0.25, 0.3) is 11.1 Å². The van der Waals surface area contributed by atoms with Crippen molar-refractivity contribution < 1.29 is 4.79 Å². The van der Waals surface area contributed by atoms with Gasteiger partial charge in [-0.2, -0.15) is 0 Å². The smallest absolute Gasteiger partial charge is 0.211 e. The number of amides is 1. The Kier molecular flexibility index (Phi) is 3.22. The highest BCUT2D eigenvalue weighted by molar-refractivity contribution is 6.33. The first-order valence-corrected chi connectivity index (χ1v) is 5.25. The highest BCUT2D eigenvalue weighted by atomic mass is 35.5. The van der Waals surface area contributed by atoms with E-state index >= 15 is 0 Å². The Morgan fingerprint density at radius 2 is 1.56 bits per heavy atom. The molecule has 0 aliphatic rings. The Morgan fingerprint density at radius 3 is 2.25 bits per heavy atom. The molecule has 3 heteroatoms. The van der Waals surface area contributed by atoms with Gasteiger partial charge in [0.15, 0.2) is 0 Å². The Labute approximate surface area is 98.9 Å². The summed E-state index contributed by atoms with van der Waals surface area (Å²) < 4.78 is 0. The van der Waals surface area contributed by atoms with Crippen LogP contribution in [0.5, 0.6) is 0 Å². The van der Waals surface area contributed by atoms with Gasteiger partial charge in [0.25, 0.3) is 0 Å². The Bertz CT molecular complexity index is 511. The summed E-state index contributed by atoms with van der Waals surface area (Å²) in [6, 6.07) is 15.1. The molecule has 2 aromatic carbocycles. The molecule has 0 radical (unpaired) electrons. The molecule has 1 N–H and O–H groups in total. The Balaban J connectivity index is 2.55. The molecule has 0 atom stereocenters.